The third-order valence-corrected chi connectivity index (χ3v) is 4.83. The molecule has 27 heavy (non-hydrogen) atoms. The van der Waals surface area contributed by atoms with Crippen molar-refractivity contribution in [3.8, 4) is 0 Å². The summed E-state index contributed by atoms with van der Waals surface area (Å²) in [5.74, 6) is -1.02. The second-order valence-corrected chi connectivity index (χ2v) is 7.91. The second kappa shape index (κ2) is 7.96. The number of carbonyl (C=O) groups is 2. The lowest BCUT2D eigenvalue weighted by Crippen LogP contribution is -2.33. The molecule has 140 valence electrons. The fourth-order valence-electron chi connectivity index (χ4n) is 3.05. The number of hydrogen-bond acceptors (Lipinski definition) is 2. The smallest absolute Gasteiger partial charge is 0.330 e. The van der Waals surface area contributed by atoms with Crippen LogP contribution in [0.15, 0.2) is 53.0 Å². The maximum absolute atomic E-state index is 12.6. The van der Waals surface area contributed by atoms with Crippen LogP contribution >= 0.6 is 15.9 Å². The van der Waals surface area contributed by atoms with Crippen LogP contribution in [0.2, 0.25) is 0 Å². The van der Waals surface area contributed by atoms with E-state index >= 15 is 0 Å². The quantitative estimate of drug-likeness (QED) is 0.532. The standard InChI is InChI=1S/C21H21BrN2O3/c1-12(2)9-13-3-4-15-11-18(23-17(15)10-13)20(25)24-19(21(26)27)14-5-7-16(22)8-6-14/h3-8,10-12,19,23H,9H2,1-2H3,(H,24,25)(H,26,27). The average molecular weight is 429 g/mol. The molecule has 6 heteroatoms. The Hall–Kier alpha value is -2.60. The Morgan fingerprint density at radius 3 is 2.44 bits per heavy atom. The highest BCUT2D eigenvalue weighted by atomic mass is 79.9. The third kappa shape index (κ3) is 4.57. The minimum absolute atomic E-state index is 0.343. The summed E-state index contributed by atoms with van der Waals surface area (Å²) in [6, 6.07) is 13.5. The zero-order valence-corrected chi connectivity index (χ0v) is 16.7. The van der Waals surface area contributed by atoms with Gasteiger partial charge in [0.25, 0.3) is 5.91 Å². The first-order valence-corrected chi connectivity index (χ1v) is 9.53. The normalized spacial score (nSPS) is 12.3. The summed E-state index contributed by atoms with van der Waals surface area (Å²) >= 11 is 3.32. The van der Waals surface area contributed by atoms with Gasteiger partial charge < -0.3 is 15.4 Å². The molecule has 1 atom stereocenters. The van der Waals surface area contributed by atoms with Crippen molar-refractivity contribution in [3.63, 3.8) is 0 Å². The van der Waals surface area contributed by atoms with Gasteiger partial charge in [0.05, 0.1) is 0 Å². The van der Waals surface area contributed by atoms with E-state index in [1.54, 1.807) is 30.3 Å². The lowest BCUT2D eigenvalue weighted by atomic mass is 10.0. The monoisotopic (exact) mass is 428 g/mol. The van der Waals surface area contributed by atoms with Gasteiger partial charge in [0.1, 0.15) is 5.69 Å². The van der Waals surface area contributed by atoms with Gasteiger partial charge in [0.15, 0.2) is 6.04 Å². The van der Waals surface area contributed by atoms with Crippen LogP contribution in [0.4, 0.5) is 0 Å². The molecule has 1 heterocycles. The number of hydrogen-bond donors (Lipinski definition) is 3. The number of halogens is 1. The molecule has 2 aromatic carbocycles. The van der Waals surface area contributed by atoms with Crippen molar-refractivity contribution in [2.45, 2.75) is 26.3 Å². The number of aromatic nitrogens is 1. The Morgan fingerprint density at radius 1 is 1.11 bits per heavy atom. The Bertz CT molecular complexity index is 977. The van der Waals surface area contributed by atoms with Crippen LogP contribution < -0.4 is 5.32 Å². The van der Waals surface area contributed by atoms with E-state index in [4.69, 9.17) is 0 Å². The zero-order chi connectivity index (χ0) is 19.6. The largest absolute Gasteiger partial charge is 0.479 e. The molecule has 1 aromatic heterocycles. The van der Waals surface area contributed by atoms with E-state index in [0.29, 0.717) is 17.2 Å². The minimum Gasteiger partial charge on any atom is -0.479 e. The predicted molar refractivity (Wildman–Crippen MR) is 109 cm³/mol. The number of carboxylic acid groups (broad SMARTS) is 1. The summed E-state index contributed by atoms with van der Waals surface area (Å²) in [4.78, 5) is 27.4. The number of fused-ring (bicyclic) bond motifs is 1. The lowest BCUT2D eigenvalue weighted by molar-refractivity contribution is -0.139. The summed E-state index contributed by atoms with van der Waals surface area (Å²) in [5, 5.41) is 13.0. The number of rotatable bonds is 6. The van der Waals surface area contributed by atoms with Crippen molar-refractivity contribution < 1.29 is 14.7 Å². The summed E-state index contributed by atoms with van der Waals surface area (Å²) in [6.07, 6.45) is 0.959. The first kappa shape index (κ1) is 19.2. The molecule has 0 spiro atoms. The molecule has 1 unspecified atom stereocenters. The van der Waals surface area contributed by atoms with E-state index in [1.165, 1.54) is 5.56 Å². The first-order chi connectivity index (χ1) is 12.8. The van der Waals surface area contributed by atoms with Crippen LogP contribution in [0.1, 0.15) is 41.5 Å². The molecule has 3 aromatic rings. The highest BCUT2D eigenvalue weighted by Crippen LogP contribution is 2.21. The van der Waals surface area contributed by atoms with Crippen molar-refractivity contribution in [1.82, 2.24) is 10.3 Å². The van der Waals surface area contributed by atoms with Gasteiger partial charge in [-0.15, -0.1) is 0 Å². The molecule has 3 N–H and O–H groups in total. The van der Waals surface area contributed by atoms with E-state index in [1.807, 2.05) is 12.1 Å². The highest BCUT2D eigenvalue weighted by Gasteiger charge is 2.23. The number of aliphatic carboxylic acids is 1. The molecule has 5 nitrogen and oxygen atoms in total. The second-order valence-electron chi connectivity index (χ2n) is 7.00. The van der Waals surface area contributed by atoms with Gasteiger partial charge >= 0.3 is 5.97 Å². The molecule has 0 saturated heterocycles. The maximum atomic E-state index is 12.6. The third-order valence-electron chi connectivity index (χ3n) is 4.30. The minimum atomic E-state index is -1.12. The summed E-state index contributed by atoms with van der Waals surface area (Å²) in [5.41, 5.74) is 2.92. The fraction of sp³-hybridized carbons (Fsp3) is 0.238. The number of carbonyl (C=O) groups excluding carboxylic acids is 1. The number of amides is 1. The molecule has 1 amide bonds. The Kier molecular flexibility index (Phi) is 5.65. The van der Waals surface area contributed by atoms with E-state index in [9.17, 15) is 14.7 Å². The van der Waals surface area contributed by atoms with Gasteiger partial charge in [0, 0.05) is 15.4 Å². The average Bonchev–Trinajstić information content (AvgIpc) is 3.03. The van der Waals surface area contributed by atoms with Crippen molar-refractivity contribution in [3.05, 3.63) is 69.8 Å². The number of aromatic amines is 1. The van der Waals surface area contributed by atoms with E-state index in [2.05, 4.69) is 46.1 Å². The van der Waals surface area contributed by atoms with E-state index in [0.717, 1.165) is 21.8 Å². The van der Waals surface area contributed by atoms with Crippen molar-refractivity contribution in [2.75, 3.05) is 0 Å². The molecule has 0 aliphatic carbocycles. The van der Waals surface area contributed by atoms with Crippen molar-refractivity contribution >= 4 is 38.7 Å². The molecule has 0 bridgehead atoms. The number of nitrogens with one attached hydrogen (secondary N) is 2. The van der Waals surface area contributed by atoms with Crippen LogP contribution in [0, 0.1) is 5.92 Å². The number of carboxylic acids is 1. The van der Waals surface area contributed by atoms with Gasteiger partial charge in [0.2, 0.25) is 0 Å². The zero-order valence-electron chi connectivity index (χ0n) is 15.1. The molecule has 0 radical (unpaired) electrons. The van der Waals surface area contributed by atoms with Crippen LogP contribution in [0.5, 0.6) is 0 Å². The van der Waals surface area contributed by atoms with E-state index < -0.39 is 17.9 Å². The van der Waals surface area contributed by atoms with Crippen LogP contribution in [0.3, 0.4) is 0 Å². The fourth-order valence-corrected chi connectivity index (χ4v) is 3.31. The van der Waals surface area contributed by atoms with Crippen LogP contribution in [-0.2, 0) is 11.2 Å². The first-order valence-electron chi connectivity index (χ1n) is 8.74. The SMILES string of the molecule is CC(C)Cc1ccc2cc(C(=O)NC(C(=O)O)c3ccc(Br)cc3)[nH]c2c1. The summed E-state index contributed by atoms with van der Waals surface area (Å²) < 4.78 is 0.842. The molecule has 0 aliphatic heterocycles. The lowest BCUT2D eigenvalue weighted by Gasteiger charge is -2.14. The molecular formula is C21H21BrN2O3. The topological polar surface area (TPSA) is 82.2 Å². The Labute approximate surface area is 165 Å². The van der Waals surface area contributed by atoms with Gasteiger partial charge in [-0.3, -0.25) is 4.79 Å². The van der Waals surface area contributed by atoms with Crippen LogP contribution in [-0.4, -0.2) is 22.0 Å². The molecule has 3 rings (SSSR count). The van der Waals surface area contributed by atoms with Gasteiger partial charge in [-0.25, -0.2) is 4.79 Å². The van der Waals surface area contributed by atoms with Crippen molar-refractivity contribution in [1.29, 1.82) is 0 Å². The van der Waals surface area contributed by atoms with Gasteiger partial charge in [-0.1, -0.05) is 54.0 Å². The number of H-pyrrole nitrogens is 1. The van der Waals surface area contributed by atoms with Crippen LogP contribution in [0.25, 0.3) is 10.9 Å². The molecular weight excluding hydrogens is 408 g/mol. The Morgan fingerprint density at radius 2 is 1.81 bits per heavy atom. The number of benzene rings is 2. The maximum Gasteiger partial charge on any atom is 0.330 e. The van der Waals surface area contributed by atoms with Gasteiger partial charge in [-0.05, 0) is 47.7 Å². The summed E-state index contributed by atoms with van der Waals surface area (Å²) in [7, 11) is 0. The summed E-state index contributed by atoms with van der Waals surface area (Å²) in [6.45, 7) is 4.32. The highest BCUT2D eigenvalue weighted by molar-refractivity contribution is 9.10. The van der Waals surface area contributed by atoms with E-state index in [-0.39, 0.29) is 0 Å². The molecule has 0 aliphatic rings. The molecule has 0 fully saturated rings. The molecule has 0 saturated carbocycles. The predicted octanol–water partition coefficient (Wildman–Crippen LogP) is 4.68. The Balaban J connectivity index is 1.83. The van der Waals surface area contributed by atoms with Crippen molar-refractivity contribution in [2.24, 2.45) is 5.92 Å². The van der Waals surface area contributed by atoms with Gasteiger partial charge in [-0.2, -0.15) is 0 Å².